The lowest BCUT2D eigenvalue weighted by Gasteiger charge is -2.31. The minimum Gasteiger partial charge on any atom is -0.457 e. The van der Waals surface area contributed by atoms with Crippen LogP contribution < -0.4 is 4.74 Å². The molecule has 1 aliphatic heterocycles. The van der Waals surface area contributed by atoms with Gasteiger partial charge in [0.05, 0.1) is 0 Å². The highest BCUT2D eigenvalue weighted by Crippen LogP contribution is 2.47. The molecule has 0 aromatic heterocycles. The lowest BCUT2D eigenvalue weighted by molar-refractivity contribution is -0.111. The molecule has 1 atom stereocenters. The number of aldehydes is 1. The minimum atomic E-state index is 0.0103. The van der Waals surface area contributed by atoms with E-state index >= 15 is 0 Å². The fourth-order valence-corrected chi connectivity index (χ4v) is 3.16. The van der Waals surface area contributed by atoms with Crippen molar-refractivity contribution in [2.45, 2.75) is 32.1 Å². The van der Waals surface area contributed by atoms with Crippen LogP contribution in [-0.4, -0.2) is 6.29 Å². The topological polar surface area (TPSA) is 26.3 Å². The van der Waals surface area contributed by atoms with Crippen LogP contribution in [0, 0.1) is 5.92 Å². The van der Waals surface area contributed by atoms with Crippen molar-refractivity contribution in [1.29, 1.82) is 0 Å². The fourth-order valence-electron chi connectivity index (χ4n) is 3.16. The summed E-state index contributed by atoms with van der Waals surface area (Å²) < 4.78 is 5.99. The normalized spacial score (nSPS) is 14.7. The molecular formula is C19H20O2. The van der Waals surface area contributed by atoms with E-state index in [1.54, 1.807) is 0 Å². The highest BCUT2D eigenvalue weighted by molar-refractivity contribution is 5.63. The Labute approximate surface area is 125 Å². The summed E-state index contributed by atoms with van der Waals surface area (Å²) in [6.45, 7) is 2.16. The SMILES string of the molecule is CCCC[C@H](C=O)C1c2ccccc2Oc2ccccc21. The highest BCUT2D eigenvalue weighted by atomic mass is 16.5. The zero-order valence-electron chi connectivity index (χ0n) is 12.3. The van der Waals surface area contributed by atoms with Gasteiger partial charge in [-0.25, -0.2) is 0 Å². The van der Waals surface area contributed by atoms with Gasteiger partial charge in [0.15, 0.2) is 0 Å². The molecule has 2 nitrogen and oxygen atoms in total. The first-order valence-electron chi connectivity index (χ1n) is 7.66. The van der Waals surface area contributed by atoms with Crippen LogP contribution in [0.5, 0.6) is 11.5 Å². The van der Waals surface area contributed by atoms with Gasteiger partial charge in [-0.05, 0) is 18.6 Å². The first-order chi connectivity index (χ1) is 10.3. The number of ether oxygens (including phenoxy) is 1. The molecule has 0 bridgehead atoms. The number of rotatable bonds is 5. The smallest absolute Gasteiger partial charge is 0.131 e. The van der Waals surface area contributed by atoms with Crippen molar-refractivity contribution in [3.63, 3.8) is 0 Å². The van der Waals surface area contributed by atoms with Gasteiger partial charge in [0.1, 0.15) is 17.8 Å². The molecule has 0 amide bonds. The quantitative estimate of drug-likeness (QED) is 0.726. The van der Waals surface area contributed by atoms with Crippen LogP contribution in [0.25, 0.3) is 0 Å². The lowest BCUT2D eigenvalue weighted by Crippen LogP contribution is -2.20. The number of carbonyl (C=O) groups excluding carboxylic acids is 1. The van der Waals surface area contributed by atoms with E-state index < -0.39 is 0 Å². The molecule has 0 radical (unpaired) electrons. The Bertz CT molecular complexity index is 587. The Morgan fingerprint density at radius 1 is 1.05 bits per heavy atom. The molecular weight excluding hydrogens is 260 g/mol. The number of hydrogen-bond donors (Lipinski definition) is 0. The van der Waals surface area contributed by atoms with Gasteiger partial charge in [0.2, 0.25) is 0 Å². The van der Waals surface area contributed by atoms with E-state index in [4.69, 9.17) is 4.74 Å². The Balaban J connectivity index is 2.07. The molecule has 0 unspecified atom stereocenters. The Kier molecular flexibility index (Phi) is 4.05. The summed E-state index contributed by atoms with van der Waals surface area (Å²) in [6, 6.07) is 16.1. The third-order valence-electron chi connectivity index (χ3n) is 4.22. The standard InChI is InChI=1S/C19H20O2/c1-2-3-8-14(13-20)19-15-9-4-6-11-17(15)21-18-12-7-5-10-16(18)19/h4-7,9-14,19H,2-3,8H2,1H3/t14-/m1/s1. The summed E-state index contributed by atoms with van der Waals surface area (Å²) in [7, 11) is 0. The second-order valence-electron chi connectivity index (χ2n) is 5.60. The summed E-state index contributed by atoms with van der Waals surface area (Å²) in [4.78, 5) is 11.7. The van der Waals surface area contributed by atoms with Crippen LogP contribution in [0.4, 0.5) is 0 Å². The molecule has 0 saturated carbocycles. The van der Waals surface area contributed by atoms with E-state index in [2.05, 4.69) is 19.1 Å². The molecule has 1 aliphatic rings. The summed E-state index contributed by atoms with van der Waals surface area (Å²) in [5.41, 5.74) is 2.26. The van der Waals surface area contributed by atoms with Crippen molar-refractivity contribution >= 4 is 6.29 Å². The van der Waals surface area contributed by atoms with Crippen molar-refractivity contribution in [2.75, 3.05) is 0 Å². The predicted molar refractivity (Wildman–Crippen MR) is 83.9 cm³/mol. The number of benzene rings is 2. The van der Waals surface area contributed by atoms with Crippen LogP contribution in [-0.2, 0) is 4.79 Å². The third-order valence-corrected chi connectivity index (χ3v) is 4.22. The highest BCUT2D eigenvalue weighted by Gasteiger charge is 2.32. The summed E-state index contributed by atoms with van der Waals surface area (Å²) in [5.74, 6) is 1.88. The van der Waals surface area contributed by atoms with Gasteiger partial charge >= 0.3 is 0 Å². The summed E-state index contributed by atoms with van der Waals surface area (Å²) in [5, 5.41) is 0. The van der Waals surface area contributed by atoms with Crippen LogP contribution in [0.15, 0.2) is 48.5 Å². The molecule has 0 fully saturated rings. The monoisotopic (exact) mass is 280 g/mol. The zero-order valence-corrected chi connectivity index (χ0v) is 12.3. The van der Waals surface area contributed by atoms with E-state index in [0.29, 0.717) is 0 Å². The second kappa shape index (κ2) is 6.13. The molecule has 2 aromatic carbocycles. The van der Waals surface area contributed by atoms with Gasteiger partial charge in [-0.2, -0.15) is 0 Å². The van der Waals surface area contributed by atoms with Gasteiger partial charge < -0.3 is 9.53 Å². The first-order valence-corrected chi connectivity index (χ1v) is 7.66. The molecule has 0 spiro atoms. The zero-order chi connectivity index (χ0) is 14.7. The fraction of sp³-hybridized carbons (Fsp3) is 0.316. The maximum atomic E-state index is 11.7. The van der Waals surface area contributed by atoms with E-state index in [9.17, 15) is 4.79 Å². The molecule has 2 aromatic rings. The van der Waals surface area contributed by atoms with Gasteiger partial charge in [0.25, 0.3) is 0 Å². The molecule has 0 saturated heterocycles. The number of para-hydroxylation sites is 2. The van der Waals surface area contributed by atoms with Crippen LogP contribution in [0.2, 0.25) is 0 Å². The van der Waals surface area contributed by atoms with Gasteiger partial charge in [0, 0.05) is 23.0 Å². The maximum Gasteiger partial charge on any atom is 0.131 e. The van der Waals surface area contributed by atoms with E-state index in [0.717, 1.165) is 48.2 Å². The van der Waals surface area contributed by atoms with Crippen molar-refractivity contribution < 1.29 is 9.53 Å². The first kappa shape index (κ1) is 13.9. The molecule has 0 aliphatic carbocycles. The average molecular weight is 280 g/mol. The number of carbonyl (C=O) groups is 1. The van der Waals surface area contributed by atoms with Crippen molar-refractivity contribution in [1.82, 2.24) is 0 Å². The summed E-state index contributed by atoms with van der Waals surface area (Å²) in [6.07, 6.45) is 4.23. The van der Waals surface area contributed by atoms with Crippen LogP contribution in [0.3, 0.4) is 0 Å². The van der Waals surface area contributed by atoms with Gasteiger partial charge in [-0.3, -0.25) is 0 Å². The van der Waals surface area contributed by atoms with Crippen LogP contribution >= 0.6 is 0 Å². The molecule has 1 heterocycles. The number of fused-ring (bicyclic) bond motifs is 2. The van der Waals surface area contributed by atoms with Crippen LogP contribution in [0.1, 0.15) is 43.2 Å². The van der Waals surface area contributed by atoms with Gasteiger partial charge in [-0.1, -0.05) is 56.2 Å². The number of hydrogen-bond acceptors (Lipinski definition) is 2. The van der Waals surface area contributed by atoms with Crippen molar-refractivity contribution in [3.8, 4) is 11.5 Å². The minimum absolute atomic E-state index is 0.0103. The van der Waals surface area contributed by atoms with E-state index in [1.165, 1.54) is 0 Å². The van der Waals surface area contributed by atoms with Gasteiger partial charge in [-0.15, -0.1) is 0 Å². The largest absolute Gasteiger partial charge is 0.457 e. The lowest BCUT2D eigenvalue weighted by atomic mass is 9.77. The average Bonchev–Trinajstić information content (AvgIpc) is 2.54. The molecule has 3 rings (SSSR count). The van der Waals surface area contributed by atoms with Crippen molar-refractivity contribution in [2.24, 2.45) is 5.92 Å². The number of unbranched alkanes of at least 4 members (excludes halogenated alkanes) is 1. The Hall–Kier alpha value is -2.09. The maximum absolute atomic E-state index is 11.7. The molecule has 21 heavy (non-hydrogen) atoms. The second-order valence-corrected chi connectivity index (χ2v) is 5.60. The van der Waals surface area contributed by atoms with E-state index in [1.807, 2.05) is 36.4 Å². The molecule has 2 heteroatoms. The molecule has 0 N–H and O–H groups in total. The Morgan fingerprint density at radius 3 is 2.14 bits per heavy atom. The third kappa shape index (κ3) is 2.58. The summed E-state index contributed by atoms with van der Waals surface area (Å²) >= 11 is 0. The Morgan fingerprint density at radius 2 is 1.62 bits per heavy atom. The van der Waals surface area contributed by atoms with Crippen molar-refractivity contribution in [3.05, 3.63) is 59.7 Å². The predicted octanol–water partition coefficient (Wildman–Crippen LogP) is 4.93. The molecule has 108 valence electrons. The van der Waals surface area contributed by atoms with E-state index in [-0.39, 0.29) is 11.8 Å².